The van der Waals surface area contributed by atoms with Crippen LogP contribution in [0.15, 0.2) is 12.2 Å². The maximum atomic E-state index is 5.92. The molecule has 1 aromatic heterocycles. The largest absolute Gasteiger partial charge is 0.364 e. The van der Waals surface area contributed by atoms with Gasteiger partial charge in [-0.05, 0) is 20.8 Å². The maximum Gasteiger partial charge on any atom is 0.171 e. The fourth-order valence-corrected chi connectivity index (χ4v) is 1.16. The number of aryl methyl sites for hydroxylation is 2. The smallest absolute Gasteiger partial charge is 0.171 e. The van der Waals surface area contributed by atoms with E-state index in [1.165, 1.54) is 0 Å². The van der Waals surface area contributed by atoms with Crippen LogP contribution in [0.1, 0.15) is 18.3 Å². The van der Waals surface area contributed by atoms with E-state index in [1.54, 1.807) is 0 Å². The van der Waals surface area contributed by atoms with E-state index in [0.29, 0.717) is 17.5 Å². The summed E-state index contributed by atoms with van der Waals surface area (Å²) in [6, 6.07) is 0. The quantitative estimate of drug-likeness (QED) is 0.782. The summed E-state index contributed by atoms with van der Waals surface area (Å²) in [6.45, 7) is 10.2. The molecule has 1 N–H and O–H groups in total. The lowest BCUT2D eigenvalue weighted by Crippen LogP contribution is -2.07. The van der Waals surface area contributed by atoms with Gasteiger partial charge in [0, 0.05) is 6.54 Å². The Morgan fingerprint density at radius 1 is 1.36 bits per heavy atom. The highest BCUT2D eigenvalue weighted by Gasteiger charge is 2.05. The molecule has 0 bridgehead atoms. The second kappa shape index (κ2) is 4.42. The van der Waals surface area contributed by atoms with Gasteiger partial charge in [0.1, 0.15) is 0 Å². The molecular formula is C10H14ClN3. The number of nitrogens with zero attached hydrogens (tertiary/aromatic N) is 2. The van der Waals surface area contributed by atoms with E-state index in [-0.39, 0.29) is 0 Å². The van der Waals surface area contributed by atoms with Gasteiger partial charge in [0.25, 0.3) is 0 Å². The van der Waals surface area contributed by atoms with Crippen LogP contribution in [0, 0.1) is 13.8 Å². The Kier molecular flexibility index (Phi) is 3.47. The molecule has 0 saturated carbocycles. The van der Waals surface area contributed by atoms with Gasteiger partial charge in [-0.25, -0.2) is 9.97 Å². The average molecular weight is 212 g/mol. The van der Waals surface area contributed by atoms with E-state index >= 15 is 0 Å². The van der Waals surface area contributed by atoms with Gasteiger partial charge in [-0.15, -0.1) is 0 Å². The van der Waals surface area contributed by atoms with Crippen molar-refractivity contribution < 1.29 is 0 Å². The Balaban J connectivity index is 2.87. The molecule has 14 heavy (non-hydrogen) atoms. The normalized spacial score (nSPS) is 10.0. The van der Waals surface area contributed by atoms with E-state index in [0.717, 1.165) is 17.0 Å². The van der Waals surface area contributed by atoms with Gasteiger partial charge in [-0.3, -0.25) is 0 Å². The number of hydrogen-bond acceptors (Lipinski definition) is 3. The number of hydrogen-bond donors (Lipinski definition) is 1. The van der Waals surface area contributed by atoms with Crippen molar-refractivity contribution in [2.24, 2.45) is 0 Å². The molecule has 0 saturated heterocycles. The zero-order valence-corrected chi connectivity index (χ0v) is 9.44. The first-order chi connectivity index (χ1) is 6.50. The molecule has 4 heteroatoms. The van der Waals surface area contributed by atoms with Gasteiger partial charge < -0.3 is 5.32 Å². The van der Waals surface area contributed by atoms with Crippen molar-refractivity contribution in [1.29, 1.82) is 0 Å². The van der Waals surface area contributed by atoms with Gasteiger partial charge in [-0.1, -0.05) is 23.8 Å². The van der Waals surface area contributed by atoms with Gasteiger partial charge >= 0.3 is 0 Å². The molecular weight excluding hydrogens is 198 g/mol. The van der Waals surface area contributed by atoms with E-state index in [9.17, 15) is 0 Å². The van der Waals surface area contributed by atoms with Crippen LogP contribution >= 0.6 is 11.6 Å². The van der Waals surface area contributed by atoms with Crippen molar-refractivity contribution in [1.82, 2.24) is 9.97 Å². The SMILES string of the molecule is C=C(C)CNc1nc(C)c(C)nc1Cl. The zero-order chi connectivity index (χ0) is 10.7. The summed E-state index contributed by atoms with van der Waals surface area (Å²) in [7, 11) is 0. The summed E-state index contributed by atoms with van der Waals surface area (Å²) in [5, 5.41) is 3.49. The summed E-state index contributed by atoms with van der Waals surface area (Å²) in [5.41, 5.74) is 2.77. The molecule has 76 valence electrons. The second-order valence-corrected chi connectivity index (χ2v) is 3.70. The summed E-state index contributed by atoms with van der Waals surface area (Å²) >= 11 is 5.92. The van der Waals surface area contributed by atoms with Crippen molar-refractivity contribution in [3.63, 3.8) is 0 Å². The number of nitrogens with one attached hydrogen (secondary N) is 1. The number of anilines is 1. The molecule has 0 spiro atoms. The summed E-state index contributed by atoms with van der Waals surface area (Å²) in [5.74, 6) is 0.623. The fourth-order valence-electron chi connectivity index (χ4n) is 0.923. The highest BCUT2D eigenvalue weighted by molar-refractivity contribution is 6.31. The van der Waals surface area contributed by atoms with E-state index in [4.69, 9.17) is 11.6 Å². The van der Waals surface area contributed by atoms with Crippen molar-refractivity contribution in [3.05, 3.63) is 28.7 Å². The predicted octanol–water partition coefficient (Wildman–Crippen LogP) is 2.73. The number of aromatic nitrogens is 2. The minimum Gasteiger partial charge on any atom is -0.364 e. The summed E-state index contributed by atoms with van der Waals surface area (Å²) in [6.07, 6.45) is 0. The molecule has 0 aliphatic carbocycles. The van der Waals surface area contributed by atoms with Crippen molar-refractivity contribution in [2.75, 3.05) is 11.9 Å². The summed E-state index contributed by atoms with van der Waals surface area (Å²) < 4.78 is 0. The van der Waals surface area contributed by atoms with Crippen LogP contribution in [0.2, 0.25) is 5.15 Å². The van der Waals surface area contributed by atoms with E-state index < -0.39 is 0 Å². The van der Waals surface area contributed by atoms with Crippen LogP contribution in [0.4, 0.5) is 5.82 Å². The van der Waals surface area contributed by atoms with Gasteiger partial charge in [0.05, 0.1) is 11.4 Å². The minimum absolute atomic E-state index is 0.411. The summed E-state index contributed by atoms with van der Waals surface area (Å²) in [4.78, 5) is 8.46. The highest BCUT2D eigenvalue weighted by atomic mass is 35.5. The average Bonchev–Trinajstić information content (AvgIpc) is 2.09. The molecule has 1 rings (SSSR count). The Morgan fingerprint density at radius 2 is 1.93 bits per heavy atom. The highest BCUT2D eigenvalue weighted by Crippen LogP contribution is 2.18. The molecule has 0 radical (unpaired) electrons. The first kappa shape index (κ1) is 11.0. The molecule has 0 fully saturated rings. The lowest BCUT2D eigenvalue weighted by Gasteiger charge is -2.08. The fraction of sp³-hybridized carbons (Fsp3) is 0.400. The topological polar surface area (TPSA) is 37.8 Å². The third kappa shape index (κ3) is 2.70. The first-order valence-electron chi connectivity index (χ1n) is 4.39. The minimum atomic E-state index is 0.411. The van der Waals surface area contributed by atoms with Crippen LogP contribution in [0.3, 0.4) is 0 Å². The monoisotopic (exact) mass is 211 g/mol. The van der Waals surface area contributed by atoms with Crippen molar-refractivity contribution in [3.8, 4) is 0 Å². The van der Waals surface area contributed by atoms with Crippen LogP contribution in [0.5, 0.6) is 0 Å². The third-order valence-corrected chi connectivity index (χ3v) is 2.09. The van der Waals surface area contributed by atoms with Crippen LogP contribution in [-0.4, -0.2) is 16.5 Å². The lowest BCUT2D eigenvalue weighted by molar-refractivity contribution is 1.03. The van der Waals surface area contributed by atoms with Crippen LogP contribution in [0.25, 0.3) is 0 Å². The number of halogens is 1. The Morgan fingerprint density at radius 3 is 2.50 bits per heavy atom. The van der Waals surface area contributed by atoms with Crippen molar-refractivity contribution in [2.45, 2.75) is 20.8 Å². The van der Waals surface area contributed by atoms with Gasteiger partial charge in [0.2, 0.25) is 0 Å². The molecule has 1 aromatic rings. The van der Waals surface area contributed by atoms with Gasteiger partial charge in [-0.2, -0.15) is 0 Å². The zero-order valence-electron chi connectivity index (χ0n) is 8.69. The molecule has 3 nitrogen and oxygen atoms in total. The molecule has 0 aliphatic heterocycles. The van der Waals surface area contributed by atoms with Crippen LogP contribution < -0.4 is 5.32 Å². The van der Waals surface area contributed by atoms with Crippen LogP contribution in [-0.2, 0) is 0 Å². The van der Waals surface area contributed by atoms with E-state index in [2.05, 4.69) is 21.9 Å². The molecule has 1 heterocycles. The molecule has 0 aromatic carbocycles. The number of rotatable bonds is 3. The van der Waals surface area contributed by atoms with E-state index in [1.807, 2.05) is 20.8 Å². The maximum absolute atomic E-state index is 5.92. The Hall–Kier alpha value is -1.09. The van der Waals surface area contributed by atoms with Crippen molar-refractivity contribution >= 4 is 17.4 Å². The second-order valence-electron chi connectivity index (χ2n) is 3.34. The third-order valence-electron chi connectivity index (χ3n) is 1.82. The lowest BCUT2D eigenvalue weighted by atomic mass is 10.3. The standard InChI is InChI=1S/C10H14ClN3/c1-6(2)5-12-10-9(11)13-7(3)8(4)14-10/h1,5H2,2-4H3,(H,12,14). The molecule has 0 atom stereocenters. The first-order valence-corrected chi connectivity index (χ1v) is 4.77. The van der Waals surface area contributed by atoms with Gasteiger partial charge in [0.15, 0.2) is 11.0 Å². The molecule has 0 unspecified atom stereocenters. The predicted molar refractivity (Wildman–Crippen MR) is 59.8 cm³/mol. The molecule has 0 aliphatic rings. The molecule has 0 amide bonds. The Bertz CT molecular complexity index is 361. The Labute approximate surface area is 89.2 Å².